The molecule has 2 heterocycles. The summed E-state index contributed by atoms with van der Waals surface area (Å²) >= 11 is 0. The van der Waals surface area contributed by atoms with Crippen molar-refractivity contribution in [1.82, 2.24) is 10.0 Å². The van der Waals surface area contributed by atoms with Gasteiger partial charge in [-0.15, -0.1) is 0 Å². The predicted molar refractivity (Wildman–Crippen MR) is 93.8 cm³/mol. The van der Waals surface area contributed by atoms with Gasteiger partial charge >= 0.3 is 5.97 Å². The van der Waals surface area contributed by atoms with E-state index >= 15 is 0 Å². The molecule has 1 aliphatic heterocycles. The smallest absolute Gasteiger partial charge is 0.333 e. The van der Waals surface area contributed by atoms with Crippen molar-refractivity contribution < 1.29 is 28.7 Å². The molecule has 2 rings (SSSR count). The van der Waals surface area contributed by atoms with Crippen LogP contribution in [0.15, 0.2) is 41.6 Å². The fourth-order valence-corrected chi connectivity index (χ4v) is 5.90. The monoisotopic (exact) mass is 402 g/mol. The van der Waals surface area contributed by atoms with E-state index in [4.69, 9.17) is 0 Å². The highest BCUT2D eigenvalue weighted by Gasteiger charge is 2.29. The molecule has 2 amide bonds. The van der Waals surface area contributed by atoms with Gasteiger partial charge in [0.2, 0.25) is 7.37 Å². The van der Waals surface area contributed by atoms with Crippen molar-refractivity contribution in [2.45, 2.75) is 11.4 Å². The van der Waals surface area contributed by atoms with Crippen molar-refractivity contribution in [2.24, 2.45) is 0 Å². The van der Waals surface area contributed by atoms with Gasteiger partial charge in [-0.2, -0.15) is 0 Å². The second-order valence-corrected chi connectivity index (χ2v) is 9.91. The average Bonchev–Trinajstić information content (AvgIpc) is 2.90. The number of hydroxylamine groups is 2. The molecule has 0 aromatic carbocycles. The minimum Gasteiger partial charge on any atom is -0.344 e. The zero-order valence-corrected chi connectivity index (χ0v) is 15.5. The second kappa shape index (κ2) is 9.19. The van der Waals surface area contributed by atoms with Gasteiger partial charge in [0.15, 0.2) is 0 Å². The summed E-state index contributed by atoms with van der Waals surface area (Å²) in [5.74, 6) is -2.01. The fraction of sp³-hybridized carbons (Fsp3) is 0.286. The Balaban J connectivity index is 1.66. The standard InChI is InChI=1S/C14H15N2O6PS2/c17-12-4-5-13(18)16(12)22-14(19)6-8-23(20,21)9-10-24-25-11-3-1-2-7-15-11/h1-5,7H,6,8-10H2,(H,20,21). The maximum Gasteiger partial charge on any atom is 0.333 e. The molecule has 0 aliphatic carbocycles. The van der Waals surface area contributed by atoms with E-state index in [1.54, 1.807) is 12.3 Å². The molecule has 1 aliphatic rings. The summed E-state index contributed by atoms with van der Waals surface area (Å²) in [7, 11) is -0.708. The lowest BCUT2D eigenvalue weighted by Crippen LogP contribution is -2.33. The van der Waals surface area contributed by atoms with Gasteiger partial charge in [-0.3, -0.25) is 14.2 Å². The molecule has 134 valence electrons. The Morgan fingerprint density at radius 2 is 1.96 bits per heavy atom. The van der Waals surface area contributed by atoms with E-state index in [9.17, 15) is 23.8 Å². The molecular weight excluding hydrogens is 387 g/mol. The molecular formula is C14H15N2O6PS2. The third kappa shape index (κ3) is 6.66. The predicted octanol–water partition coefficient (Wildman–Crippen LogP) is 1.87. The van der Waals surface area contributed by atoms with Crippen molar-refractivity contribution in [3.05, 3.63) is 36.5 Å². The molecule has 1 unspecified atom stereocenters. The van der Waals surface area contributed by atoms with Crippen molar-refractivity contribution in [3.63, 3.8) is 0 Å². The highest BCUT2D eigenvalue weighted by atomic mass is 33.1. The van der Waals surface area contributed by atoms with Crippen LogP contribution in [0, 0.1) is 0 Å². The van der Waals surface area contributed by atoms with E-state index in [0.29, 0.717) is 10.8 Å². The van der Waals surface area contributed by atoms with Crippen LogP contribution < -0.4 is 0 Å². The van der Waals surface area contributed by atoms with Gasteiger partial charge in [-0.25, -0.2) is 9.78 Å². The summed E-state index contributed by atoms with van der Waals surface area (Å²) in [4.78, 5) is 52.7. The number of pyridine rings is 1. The van der Waals surface area contributed by atoms with Crippen LogP contribution in [0.5, 0.6) is 0 Å². The molecule has 0 saturated carbocycles. The molecule has 0 saturated heterocycles. The molecule has 1 aromatic heterocycles. The van der Waals surface area contributed by atoms with E-state index in [1.165, 1.54) is 21.6 Å². The van der Waals surface area contributed by atoms with Gasteiger partial charge < -0.3 is 9.73 Å². The Kier molecular flexibility index (Phi) is 7.24. The van der Waals surface area contributed by atoms with E-state index in [1.807, 2.05) is 12.1 Å². The Morgan fingerprint density at radius 1 is 1.24 bits per heavy atom. The number of hydrogen-bond donors (Lipinski definition) is 1. The van der Waals surface area contributed by atoms with Crippen LogP contribution in [0.4, 0.5) is 0 Å². The van der Waals surface area contributed by atoms with E-state index in [-0.39, 0.29) is 18.7 Å². The Labute approximate surface area is 151 Å². The molecule has 1 N–H and O–H groups in total. The van der Waals surface area contributed by atoms with Crippen molar-refractivity contribution in [1.29, 1.82) is 0 Å². The molecule has 1 atom stereocenters. The van der Waals surface area contributed by atoms with Gasteiger partial charge in [-0.05, 0) is 22.9 Å². The van der Waals surface area contributed by atoms with E-state index < -0.39 is 25.2 Å². The van der Waals surface area contributed by atoms with E-state index in [2.05, 4.69) is 9.82 Å². The first-order valence-electron chi connectivity index (χ1n) is 7.16. The van der Waals surface area contributed by atoms with Gasteiger partial charge in [0.25, 0.3) is 11.8 Å². The third-order valence-corrected chi connectivity index (χ3v) is 7.35. The number of carbonyl (C=O) groups excluding carboxylic acids is 3. The van der Waals surface area contributed by atoms with Gasteiger partial charge in [0.05, 0.1) is 6.42 Å². The first kappa shape index (κ1) is 19.7. The highest BCUT2D eigenvalue weighted by molar-refractivity contribution is 8.76. The Morgan fingerprint density at radius 3 is 2.60 bits per heavy atom. The van der Waals surface area contributed by atoms with Crippen LogP contribution in [0.1, 0.15) is 6.42 Å². The lowest BCUT2D eigenvalue weighted by Gasteiger charge is -2.14. The maximum absolute atomic E-state index is 12.0. The SMILES string of the molecule is O=C(CCP(=O)(O)CCSSc1ccccn1)ON1C(=O)C=CC1=O. The first-order valence-corrected chi connectivity index (χ1v) is 11.5. The molecule has 0 spiro atoms. The molecule has 0 fully saturated rings. The summed E-state index contributed by atoms with van der Waals surface area (Å²) in [5.41, 5.74) is 0. The Bertz CT molecular complexity index is 709. The van der Waals surface area contributed by atoms with Crippen LogP contribution >= 0.6 is 29.0 Å². The minimum absolute atomic E-state index is 0.0356. The van der Waals surface area contributed by atoms with Crippen LogP contribution in [-0.4, -0.2) is 50.8 Å². The van der Waals surface area contributed by atoms with Crippen LogP contribution in [0.2, 0.25) is 0 Å². The molecule has 0 radical (unpaired) electrons. The summed E-state index contributed by atoms with van der Waals surface area (Å²) < 4.78 is 12.0. The van der Waals surface area contributed by atoms with Crippen LogP contribution in [-0.2, 0) is 23.8 Å². The van der Waals surface area contributed by atoms with Crippen LogP contribution in [0.3, 0.4) is 0 Å². The summed E-state index contributed by atoms with van der Waals surface area (Å²) in [6, 6.07) is 5.49. The lowest BCUT2D eigenvalue weighted by molar-refractivity contribution is -0.195. The van der Waals surface area contributed by atoms with Gasteiger partial charge in [0, 0.05) is 36.4 Å². The number of nitrogens with zero attached hydrogens (tertiary/aromatic N) is 2. The van der Waals surface area contributed by atoms with Gasteiger partial charge in [0.1, 0.15) is 5.03 Å². The zero-order chi connectivity index (χ0) is 18.3. The largest absolute Gasteiger partial charge is 0.344 e. The Hall–Kier alpha value is -1.61. The molecule has 1 aromatic rings. The second-order valence-electron chi connectivity index (χ2n) is 4.88. The number of rotatable bonds is 9. The summed E-state index contributed by atoms with van der Waals surface area (Å²) in [6.45, 7) is 0. The van der Waals surface area contributed by atoms with Gasteiger partial charge in [-0.1, -0.05) is 21.9 Å². The van der Waals surface area contributed by atoms with Crippen molar-refractivity contribution in [3.8, 4) is 0 Å². The zero-order valence-electron chi connectivity index (χ0n) is 12.9. The number of aromatic nitrogens is 1. The minimum atomic E-state index is -3.50. The topological polar surface area (TPSA) is 114 Å². The number of hydrogen-bond acceptors (Lipinski definition) is 8. The number of carbonyl (C=O) groups is 3. The fourth-order valence-electron chi connectivity index (χ4n) is 1.68. The summed E-state index contributed by atoms with van der Waals surface area (Å²) in [6.07, 6.45) is 3.02. The first-order chi connectivity index (χ1) is 11.9. The molecule has 8 nitrogen and oxygen atoms in total. The number of imide groups is 1. The van der Waals surface area contributed by atoms with Crippen molar-refractivity contribution in [2.75, 3.05) is 18.1 Å². The lowest BCUT2D eigenvalue weighted by atomic mass is 10.5. The van der Waals surface area contributed by atoms with E-state index in [0.717, 1.165) is 17.2 Å². The number of amides is 2. The molecule has 25 heavy (non-hydrogen) atoms. The van der Waals surface area contributed by atoms with Crippen molar-refractivity contribution >= 4 is 46.7 Å². The highest BCUT2D eigenvalue weighted by Crippen LogP contribution is 2.43. The molecule has 0 bridgehead atoms. The normalized spacial score (nSPS) is 16.1. The third-order valence-electron chi connectivity index (χ3n) is 2.93. The maximum atomic E-state index is 12.0. The van der Waals surface area contributed by atoms with Crippen LogP contribution in [0.25, 0.3) is 0 Å². The molecule has 11 heteroatoms. The summed E-state index contributed by atoms with van der Waals surface area (Å²) in [5, 5.41) is 1.13. The average molecular weight is 402 g/mol. The quantitative estimate of drug-likeness (QED) is 0.286.